The third-order valence-corrected chi connectivity index (χ3v) is 2.01. The zero-order chi connectivity index (χ0) is 4.69. The van der Waals surface area contributed by atoms with Crippen LogP contribution in [0.4, 0.5) is 0 Å². The fraction of sp³-hybridized carbons (Fsp3) is 0.714. The molecule has 2 aliphatic rings. The van der Waals surface area contributed by atoms with Crippen molar-refractivity contribution in [2.75, 3.05) is 0 Å². The molecule has 0 N–H and O–H groups in total. The zero-order valence-electron chi connectivity index (χ0n) is 4.48. The highest BCUT2D eigenvalue weighted by Crippen LogP contribution is 2.41. The van der Waals surface area contributed by atoms with Gasteiger partial charge in [0.05, 0.1) is 0 Å². The summed E-state index contributed by atoms with van der Waals surface area (Å²) >= 11 is 0. The van der Waals surface area contributed by atoms with E-state index in [0.717, 1.165) is 5.92 Å². The molecule has 0 aromatic rings. The quantitative estimate of drug-likeness (QED) is 0.403. The molecule has 0 heterocycles. The van der Waals surface area contributed by atoms with Crippen LogP contribution in [0.1, 0.15) is 25.7 Å². The molecule has 0 saturated heterocycles. The maximum Gasteiger partial charge on any atom is -0.00202 e. The lowest BCUT2D eigenvalue weighted by atomic mass is 10.0. The van der Waals surface area contributed by atoms with Gasteiger partial charge in [0.1, 0.15) is 0 Å². The maximum absolute atomic E-state index is 2.42. The lowest BCUT2D eigenvalue weighted by Crippen LogP contribution is -1.89. The molecule has 1 unspecified atom stereocenters. The van der Waals surface area contributed by atoms with Crippen molar-refractivity contribution in [3.8, 4) is 0 Å². The van der Waals surface area contributed by atoms with Gasteiger partial charge in [-0.15, -0.1) is 0 Å². The molecule has 0 spiro atoms. The summed E-state index contributed by atoms with van der Waals surface area (Å²) in [5.41, 5.74) is 1.76. The van der Waals surface area contributed by atoms with E-state index in [1.165, 1.54) is 25.7 Å². The molecule has 2 rings (SSSR count). The Balaban J connectivity index is 2.02. The predicted octanol–water partition coefficient (Wildman–Crippen LogP) is 2.12. The van der Waals surface area contributed by atoms with Crippen LogP contribution in [-0.2, 0) is 0 Å². The van der Waals surface area contributed by atoms with Crippen molar-refractivity contribution in [2.24, 2.45) is 5.92 Å². The fourth-order valence-corrected chi connectivity index (χ4v) is 1.44. The molecule has 1 atom stereocenters. The van der Waals surface area contributed by atoms with Crippen molar-refractivity contribution in [1.82, 2.24) is 0 Å². The first kappa shape index (κ1) is 3.71. The summed E-state index contributed by atoms with van der Waals surface area (Å²) in [6.45, 7) is 0. The molecular weight excluding hydrogens is 84.1 g/mol. The van der Waals surface area contributed by atoms with Crippen molar-refractivity contribution in [3.05, 3.63) is 11.6 Å². The van der Waals surface area contributed by atoms with Crippen molar-refractivity contribution in [1.29, 1.82) is 0 Å². The van der Waals surface area contributed by atoms with Crippen LogP contribution in [0, 0.1) is 5.92 Å². The molecule has 7 heavy (non-hydrogen) atoms. The van der Waals surface area contributed by atoms with Crippen molar-refractivity contribution < 1.29 is 0 Å². The van der Waals surface area contributed by atoms with Gasteiger partial charge in [-0.05, 0) is 25.2 Å². The fourth-order valence-electron chi connectivity index (χ4n) is 1.44. The molecule has 0 heteroatoms. The number of hydrogen-bond donors (Lipinski definition) is 0. The Morgan fingerprint density at radius 3 is 3.00 bits per heavy atom. The van der Waals surface area contributed by atoms with Gasteiger partial charge in [0.25, 0.3) is 0 Å². The van der Waals surface area contributed by atoms with Crippen LogP contribution in [0.3, 0.4) is 0 Å². The van der Waals surface area contributed by atoms with Gasteiger partial charge in [-0.3, -0.25) is 0 Å². The first-order valence-electron chi connectivity index (χ1n) is 3.17. The minimum atomic E-state index is 0.994. The maximum atomic E-state index is 2.42. The molecule has 38 valence electrons. The van der Waals surface area contributed by atoms with Gasteiger partial charge >= 0.3 is 0 Å². The van der Waals surface area contributed by atoms with E-state index in [9.17, 15) is 0 Å². The number of fused-ring (bicyclic) bond motifs is 1. The highest BCUT2D eigenvalue weighted by molar-refractivity contribution is 5.30. The first-order chi connectivity index (χ1) is 3.47. The van der Waals surface area contributed by atoms with Gasteiger partial charge < -0.3 is 0 Å². The molecule has 0 aromatic heterocycles. The molecule has 1 saturated carbocycles. The molecule has 0 bridgehead atoms. The minimum Gasteiger partial charge on any atom is -0.0775 e. The molecule has 0 amide bonds. The van der Waals surface area contributed by atoms with E-state index >= 15 is 0 Å². The number of rotatable bonds is 0. The Morgan fingerprint density at radius 1 is 1.43 bits per heavy atom. The summed E-state index contributed by atoms with van der Waals surface area (Å²) in [4.78, 5) is 0. The highest BCUT2D eigenvalue weighted by Gasteiger charge is 2.26. The summed E-state index contributed by atoms with van der Waals surface area (Å²) < 4.78 is 0. The van der Waals surface area contributed by atoms with Crippen LogP contribution in [0.15, 0.2) is 11.6 Å². The van der Waals surface area contributed by atoms with Crippen LogP contribution >= 0.6 is 0 Å². The Bertz CT molecular complexity index is 111. The molecule has 0 aliphatic heterocycles. The Labute approximate surface area is 44.2 Å². The van der Waals surface area contributed by atoms with Crippen molar-refractivity contribution >= 4 is 0 Å². The monoisotopic (exact) mass is 94.1 g/mol. The van der Waals surface area contributed by atoms with E-state index in [-0.39, 0.29) is 0 Å². The summed E-state index contributed by atoms with van der Waals surface area (Å²) in [5, 5.41) is 0. The van der Waals surface area contributed by atoms with E-state index in [1.807, 2.05) is 0 Å². The zero-order valence-corrected chi connectivity index (χ0v) is 4.48. The van der Waals surface area contributed by atoms with Crippen molar-refractivity contribution in [2.45, 2.75) is 25.7 Å². The van der Waals surface area contributed by atoms with Crippen LogP contribution in [0.5, 0.6) is 0 Å². The van der Waals surface area contributed by atoms with E-state index in [2.05, 4.69) is 6.08 Å². The van der Waals surface area contributed by atoms with Gasteiger partial charge in [0.15, 0.2) is 0 Å². The number of allylic oxidation sites excluding steroid dienone is 2. The molecule has 0 aromatic carbocycles. The normalized spacial score (nSPS) is 36.6. The summed E-state index contributed by atoms with van der Waals surface area (Å²) in [6.07, 6.45) is 8.25. The van der Waals surface area contributed by atoms with E-state index in [1.54, 1.807) is 5.57 Å². The van der Waals surface area contributed by atoms with E-state index in [0.29, 0.717) is 0 Å². The number of hydrogen-bond acceptors (Lipinski definition) is 0. The Kier molecular flexibility index (Phi) is 0.592. The molecule has 0 nitrogen and oxygen atoms in total. The average molecular weight is 94.2 g/mol. The predicted molar refractivity (Wildman–Crippen MR) is 30.0 cm³/mol. The largest absolute Gasteiger partial charge is 0.0775 e. The second kappa shape index (κ2) is 1.12. The molecule has 2 aliphatic carbocycles. The van der Waals surface area contributed by atoms with Gasteiger partial charge in [-0.2, -0.15) is 0 Å². The Morgan fingerprint density at radius 2 is 2.43 bits per heavy atom. The second-order valence-corrected chi connectivity index (χ2v) is 2.59. The van der Waals surface area contributed by atoms with Gasteiger partial charge in [-0.25, -0.2) is 0 Å². The van der Waals surface area contributed by atoms with Crippen LogP contribution in [0.25, 0.3) is 0 Å². The Hall–Kier alpha value is -0.260. The lowest BCUT2D eigenvalue weighted by Gasteiger charge is -2.05. The van der Waals surface area contributed by atoms with Crippen LogP contribution < -0.4 is 0 Å². The summed E-state index contributed by atoms with van der Waals surface area (Å²) in [5.74, 6) is 0.994. The van der Waals surface area contributed by atoms with E-state index in [4.69, 9.17) is 0 Å². The van der Waals surface area contributed by atoms with Gasteiger partial charge in [-0.1, -0.05) is 18.1 Å². The lowest BCUT2D eigenvalue weighted by molar-refractivity contribution is 0.584. The van der Waals surface area contributed by atoms with Gasteiger partial charge in [0, 0.05) is 0 Å². The molecule has 0 radical (unpaired) electrons. The van der Waals surface area contributed by atoms with Crippen LogP contribution in [0.2, 0.25) is 0 Å². The van der Waals surface area contributed by atoms with Crippen LogP contribution in [-0.4, -0.2) is 0 Å². The van der Waals surface area contributed by atoms with Crippen molar-refractivity contribution in [3.63, 3.8) is 0 Å². The summed E-state index contributed by atoms with van der Waals surface area (Å²) in [6, 6.07) is 0. The third kappa shape index (κ3) is 0.495. The minimum absolute atomic E-state index is 0.994. The SMILES string of the molecule is C1=C2CCCCC12. The highest BCUT2D eigenvalue weighted by atomic mass is 14.3. The third-order valence-electron chi connectivity index (χ3n) is 2.01. The van der Waals surface area contributed by atoms with Gasteiger partial charge in [0.2, 0.25) is 0 Å². The van der Waals surface area contributed by atoms with E-state index < -0.39 is 0 Å². The summed E-state index contributed by atoms with van der Waals surface area (Å²) in [7, 11) is 0. The molecule has 1 fully saturated rings. The standard InChI is InChI=1S/C7H10/c1-2-4-7-5-6(7)3-1/h5-6H,1-4H2. The first-order valence-corrected chi connectivity index (χ1v) is 3.17. The smallest absolute Gasteiger partial charge is 0.00202 e. The average Bonchev–Trinajstić information content (AvgIpc) is 2.41. The molecular formula is C7H10. The second-order valence-electron chi connectivity index (χ2n) is 2.59. The topological polar surface area (TPSA) is 0 Å².